The van der Waals surface area contributed by atoms with Crippen LogP contribution in [0, 0.1) is 12.7 Å². The minimum atomic E-state index is -0.367. The molecule has 3 aromatic rings. The molecule has 1 amide bonds. The second-order valence-electron chi connectivity index (χ2n) is 6.62. The van der Waals surface area contributed by atoms with E-state index < -0.39 is 0 Å². The van der Waals surface area contributed by atoms with Crippen molar-refractivity contribution < 1.29 is 9.18 Å². The summed E-state index contributed by atoms with van der Waals surface area (Å²) in [6.45, 7) is 2.45. The first-order valence-corrected chi connectivity index (χ1v) is 8.59. The number of nitrogens with zero attached hydrogens (tertiary/aromatic N) is 3. The lowest BCUT2D eigenvalue weighted by Crippen LogP contribution is -2.35. The summed E-state index contributed by atoms with van der Waals surface area (Å²) in [5.74, 6) is -0.637. The second-order valence-corrected chi connectivity index (χ2v) is 6.62. The molecule has 0 N–H and O–H groups in total. The number of hydrogen-bond donors (Lipinski definition) is 0. The minimum absolute atomic E-state index is 0.0575. The van der Waals surface area contributed by atoms with Gasteiger partial charge >= 0.3 is 0 Å². The molecule has 0 radical (unpaired) electrons. The summed E-state index contributed by atoms with van der Waals surface area (Å²) in [7, 11) is 0. The molecule has 1 unspecified atom stereocenters. The van der Waals surface area contributed by atoms with Gasteiger partial charge in [-0.25, -0.2) is 9.37 Å². The molecule has 2 aromatic heterocycles. The molecular weight excluding hydrogens is 333 g/mol. The SMILES string of the molecule is Cc1ccc2ncc(C(=O)N3CCCC3c3ccc(F)cc3)c(=O)n2c1. The molecule has 5 nitrogen and oxygen atoms in total. The molecule has 0 aliphatic carbocycles. The lowest BCUT2D eigenvalue weighted by atomic mass is 10.0. The molecule has 132 valence electrons. The zero-order valence-corrected chi connectivity index (χ0v) is 14.4. The van der Waals surface area contributed by atoms with Crippen molar-refractivity contribution in [3.63, 3.8) is 0 Å². The van der Waals surface area contributed by atoms with Gasteiger partial charge in [-0.05, 0) is 49.1 Å². The van der Waals surface area contributed by atoms with Crippen molar-refractivity contribution in [2.24, 2.45) is 0 Å². The summed E-state index contributed by atoms with van der Waals surface area (Å²) in [5, 5.41) is 0. The third kappa shape index (κ3) is 2.77. The lowest BCUT2D eigenvalue weighted by molar-refractivity contribution is 0.0733. The third-order valence-electron chi connectivity index (χ3n) is 4.85. The van der Waals surface area contributed by atoms with E-state index in [-0.39, 0.29) is 28.9 Å². The zero-order valence-electron chi connectivity index (χ0n) is 14.4. The number of rotatable bonds is 2. The van der Waals surface area contributed by atoms with E-state index >= 15 is 0 Å². The highest BCUT2D eigenvalue weighted by atomic mass is 19.1. The van der Waals surface area contributed by atoms with Gasteiger partial charge in [0, 0.05) is 18.9 Å². The van der Waals surface area contributed by atoms with E-state index in [0.29, 0.717) is 12.2 Å². The Labute approximate surface area is 149 Å². The third-order valence-corrected chi connectivity index (χ3v) is 4.85. The fourth-order valence-electron chi connectivity index (χ4n) is 3.53. The van der Waals surface area contributed by atoms with Gasteiger partial charge in [0.1, 0.15) is 17.0 Å². The lowest BCUT2D eigenvalue weighted by Gasteiger charge is -2.25. The van der Waals surface area contributed by atoms with E-state index in [1.807, 2.05) is 13.0 Å². The highest BCUT2D eigenvalue weighted by Crippen LogP contribution is 2.32. The van der Waals surface area contributed by atoms with Gasteiger partial charge in [0.15, 0.2) is 0 Å². The number of amides is 1. The molecule has 1 aliphatic rings. The number of halogens is 1. The Morgan fingerprint density at radius 1 is 1.19 bits per heavy atom. The molecule has 0 spiro atoms. The van der Waals surface area contributed by atoms with Crippen LogP contribution in [-0.2, 0) is 0 Å². The van der Waals surface area contributed by atoms with Gasteiger partial charge in [0.25, 0.3) is 11.5 Å². The summed E-state index contributed by atoms with van der Waals surface area (Å²) < 4.78 is 14.6. The first kappa shape index (κ1) is 16.4. The summed E-state index contributed by atoms with van der Waals surface area (Å²) in [6.07, 6.45) is 4.67. The van der Waals surface area contributed by atoms with E-state index in [0.717, 1.165) is 24.0 Å². The van der Waals surface area contributed by atoms with Crippen molar-refractivity contribution in [1.29, 1.82) is 0 Å². The smallest absolute Gasteiger partial charge is 0.270 e. The van der Waals surface area contributed by atoms with Crippen molar-refractivity contribution in [1.82, 2.24) is 14.3 Å². The molecule has 1 aromatic carbocycles. The van der Waals surface area contributed by atoms with Crippen molar-refractivity contribution in [3.05, 3.63) is 81.7 Å². The van der Waals surface area contributed by atoms with Gasteiger partial charge in [-0.1, -0.05) is 18.2 Å². The number of aryl methyl sites for hydroxylation is 1. The molecule has 3 heterocycles. The number of benzene rings is 1. The Balaban J connectivity index is 1.72. The Kier molecular flexibility index (Phi) is 4.03. The predicted octanol–water partition coefficient (Wildman–Crippen LogP) is 3.12. The summed E-state index contributed by atoms with van der Waals surface area (Å²) >= 11 is 0. The number of carbonyl (C=O) groups is 1. The fraction of sp³-hybridized carbons (Fsp3) is 0.250. The van der Waals surface area contributed by atoms with Crippen LogP contribution in [0.5, 0.6) is 0 Å². The Hall–Kier alpha value is -3.02. The van der Waals surface area contributed by atoms with Crippen LogP contribution in [0.1, 0.15) is 40.4 Å². The van der Waals surface area contributed by atoms with E-state index in [1.54, 1.807) is 29.3 Å². The molecule has 26 heavy (non-hydrogen) atoms. The highest BCUT2D eigenvalue weighted by Gasteiger charge is 2.32. The van der Waals surface area contributed by atoms with E-state index in [4.69, 9.17) is 0 Å². The van der Waals surface area contributed by atoms with Gasteiger partial charge in [0.2, 0.25) is 0 Å². The topological polar surface area (TPSA) is 54.7 Å². The molecule has 1 aliphatic heterocycles. The Bertz CT molecular complexity index is 1040. The maximum absolute atomic E-state index is 13.2. The van der Waals surface area contributed by atoms with E-state index in [1.165, 1.54) is 22.7 Å². The van der Waals surface area contributed by atoms with Crippen LogP contribution in [0.3, 0.4) is 0 Å². The van der Waals surface area contributed by atoms with Crippen molar-refractivity contribution in [2.45, 2.75) is 25.8 Å². The number of carbonyl (C=O) groups excluding carboxylic acids is 1. The molecule has 0 bridgehead atoms. The first-order chi connectivity index (χ1) is 12.5. The summed E-state index contributed by atoms with van der Waals surface area (Å²) in [4.78, 5) is 31.8. The Morgan fingerprint density at radius 2 is 1.96 bits per heavy atom. The molecule has 1 saturated heterocycles. The van der Waals surface area contributed by atoms with Crippen LogP contribution in [0.2, 0.25) is 0 Å². The molecule has 1 fully saturated rings. The van der Waals surface area contributed by atoms with Crippen molar-refractivity contribution in [2.75, 3.05) is 6.54 Å². The standard InChI is InChI=1S/C20H18FN3O2/c1-13-4-9-18-22-11-16(20(26)24(18)12-13)19(25)23-10-2-3-17(23)14-5-7-15(21)8-6-14/h4-9,11-12,17H,2-3,10H2,1H3. The van der Waals surface area contributed by atoms with Gasteiger partial charge < -0.3 is 4.90 Å². The normalized spacial score (nSPS) is 17.0. The van der Waals surface area contributed by atoms with E-state index in [2.05, 4.69) is 4.98 Å². The van der Waals surface area contributed by atoms with Gasteiger partial charge in [-0.2, -0.15) is 0 Å². The van der Waals surface area contributed by atoms with E-state index in [9.17, 15) is 14.0 Å². The maximum Gasteiger partial charge on any atom is 0.270 e. The summed E-state index contributed by atoms with van der Waals surface area (Å²) in [5.41, 5.74) is 1.99. The van der Waals surface area contributed by atoms with Gasteiger partial charge in [-0.15, -0.1) is 0 Å². The maximum atomic E-state index is 13.2. The molecule has 6 heteroatoms. The van der Waals surface area contributed by atoms with Crippen LogP contribution in [0.4, 0.5) is 4.39 Å². The average Bonchev–Trinajstić information content (AvgIpc) is 3.12. The molecule has 1 atom stereocenters. The van der Waals surface area contributed by atoms with Crippen molar-refractivity contribution in [3.8, 4) is 0 Å². The highest BCUT2D eigenvalue weighted by molar-refractivity contribution is 5.94. The number of pyridine rings is 1. The first-order valence-electron chi connectivity index (χ1n) is 8.59. The molecular formula is C20H18FN3O2. The van der Waals surface area contributed by atoms with Crippen LogP contribution in [0.25, 0.3) is 5.65 Å². The monoisotopic (exact) mass is 351 g/mol. The largest absolute Gasteiger partial charge is 0.331 e. The zero-order chi connectivity index (χ0) is 18.3. The van der Waals surface area contributed by atoms with Gasteiger partial charge in [0.05, 0.1) is 6.04 Å². The number of fused-ring (bicyclic) bond motifs is 1. The number of aromatic nitrogens is 2. The van der Waals surface area contributed by atoms with Crippen LogP contribution in [0.15, 0.2) is 53.6 Å². The predicted molar refractivity (Wildman–Crippen MR) is 95.6 cm³/mol. The molecule has 0 saturated carbocycles. The molecule has 4 rings (SSSR count). The van der Waals surface area contributed by atoms with Crippen LogP contribution >= 0.6 is 0 Å². The quantitative estimate of drug-likeness (QED) is 0.713. The van der Waals surface area contributed by atoms with Crippen LogP contribution in [-0.4, -0.2) is 26.7 Å². The average molecular weight is 351 g/mol. The number of hydrogen-bond acceptors (Lipinski definition) is 3. The van der Waals surface area contributed by atoms with Gasteiger partial charge in [-0.3, -0.25) is 14.0 Å². The fourth-order valence-corrected chi connectivity index (χ4v) is 3.53. The Morgan fingerprint density at radius 3 is 2.73 bits per heavy atom. The number of likely N-dealkylation sites (tertiary alicyclic amines) is 1. The summed E-state index contributed by atoms with van der Waals surface area (Å²) in [6, 6.07) is 9.65. The minimum Gasteiger partial charge on any atom is -0.331 e. The van der Waals surface area contributed by atoms with Crippen molar-refractivity contribution >= 4 is 11.6 Å². The second kappa shape index (κ2) is 6.37. The van der Waals surface area contributed by atoms with Crippen LogP contribution < -0.4 is 5.56 Å².